The van der Waals surface area contributed by atoms with E-state index in [1.807, 2.05) is 0 Å². The summed E-state index contributed by atoms with van der Waals surface area (Å²) in [7, 11) is 3.70. The lowest BCUT2D eigenvalue weighted by atomic mass is 9.99. The summed E-state index contributed by atoms with van der Waals surface area (Å²) in [6.07, 6.45) is -8.30. The number of benzene rings is 1. The number of nitrogens with one attached hydrogen (secondary N) is 1. The molecule has 5 N–H and O–H groups in total. The number of hydrogen-bond donors (Lipinski definition) is 5. The van der Waals surface area contributed by atoms with Crippen molar-refractivity contribution in [2.24, 2.45) is 0 Å². The van der Waals surface area contributed by atoms with Crippen LogP contribution in [0.1, 0.15) is 22.3 Å². The zero-order valence-corrected chi connectivity index (χ0v) is 20.3. The Morgan fingerprint density at radius 1 is 1.12 bits per heavy atom. The number of carbonyl (C=O) groups is 3. The molecule has 186 valence electrons. The highest BCUT2D eigenvalue weighted by Gasteiger charge is 2.48. The fourth-order valence-electron chi connectivity index (χ4n) is 3.29. The third-order valence-corrected chi connectivity index (χ3v) is 6.97. The number of aliphatic hydroxyl groups is 3. The molecule has 1 aromatic rings. The molecule has 2 radical (unpaired) electrons. The molecule has 1 saturated heterocycles. The smallest absolute Gasteiger partial charge is 0.335 e. The fourth-order valence-corrected chi connectivity index (χ4v) is 4.53. The van der Waals surface area contributed by atoms with Gasteiger partial charge in [0.15, 0.2) is 6.10 Å². The van der Waals surface area contributed by atoms with Crippen molar-refractivity contribution in [3.8, 4) is 5.75 Å². The highest BCUT2D eigenvalue weighted by molar-refractivity contribution is 6.76. The van der Waals surface area contributed by atoms with E-state index in [9.17, 15) is 34.8 Å². The van der Waals surface area contributed by atoms with Crippen LogP contribution >= 0.6 is 0 Å². The molecule has 11 nitrogen and oxygen atoms in total. The summed E-state index contributed by atoms with van der Waals surface area (Å²) in [5, 5.41) is 42.1. The lowest BCUT2D eigenvalue weighted by molar-refractivity contribution is -0.271. The summed E-state index contributed by atoms with van der Waals surface area (Å²) in [6.45, 7) is 6.84. The van der Waals surface area contributed by atoms with E-state index in [0.717, 1.165) is 12.5 Å². The lowest BCUT2D eigenvalue weighted by Gasteiger charge is -2.38. The highest BCUT2D eigenvalue weighted by Crippen LogP contribution is 2.28. The molecule has 13 heteroatoms. The van der Waals surface area contributed by atoms with Crippen molar-refractivity contribution in [3.05, 3.63) is 29.3 Å². The van der Waals surface area contributed by atoms with E-state index in [0.29, 0.717) is 12.1 Å². The van der Waals surface area contributed by atoms with Crippen molar-refractivity contribution in [2.75, 3.05) is 6.54 Å². The van der Waals surface area contributed by atoms with Gasteiger partial charge in [0.2, 0.25) is 20.0 Å². The second kappa shape index (κ2) is 11.8. The molecule has 5 atom stereocenters. The Morgan fingerprint density at radius 3 is 2.38 bits per heavy atom. The van der Waals surface area contributed by atoms with Crippen LogP contribution in [0.2, 0.25) is 25.7 Å². The van der Waals surface area contributed by atoms with Crippen LogP contribution in [0.15, 0.2) is 18.2 Å². The molecule has 1 aliphatic heterocycles. The molecule has 0 unspecified atom stereocenters. The molecule has 0 aromatic heterocycles. The van der Waals surface area contributed by atoms with Crippen molar-refractivity contribution < 1.29 is 49.0 Å². The maximum Gasteiger partial charge on any atom is 0.335 e. The predicted molar refractivity (Wildman–Crippen MR) is 122 cm³/mol. The lowest BCUT2D eigenvalue weighted by Crippen LogP contribution is -2.61. The zero-order chi connectivity index (χ0) is 25.6. The number of amides is 1. The molecule has 0 bridgehead atoms. The van der Waals surface area contributed by atoms with Gasteiger partial charge in [0, 0.05) is 14.6 Å². The quantitative estimate of drug-likeness (QED) is 0.223. The Hall–Kier alpha value is -2.45. The van der Waals surface area contributed by atoms with Crippen LogP contribution in [0.5, 0.6) is 5.75 Å². The van der Waals surface area contributed by atoms with Gasteiger partial charge in [0.25, 0.3) is 5.91 Å². The van der Waals surface area contributed by atoms with Crippen molar-refractivity contribution in [1.82, 2.24) is 5.32 Å². The number of hydrogen-bond acceptors (Lipinski definition) is 9. The van der Waals surface area contributed by atoms with Gasteiger partial charge in [0.05, 0.1) is 5.56 Å². The number of carboxylic acid groups (broad SMARTS) is 1. The van der Waals surface area contributed by atoms with Crippen LogP contribution in [0.25, 0.3) is 0 Å². The molecule has 1 aromatic carbocycles. The normalized spacial score (nSPS) is 24.8. The molecule has 0 aliphatic carbocycles. The topological polar surface area (TPSA) is 172 Å². The fraction of sp³-hybridized carbons (Fsp3) is 0.571. The minimum absolute atomic E-state index is 0.00172. The molecule has 1 aliphatic rings. The zero-order valence-electron chi connectivity index (χ0n) is 19.3. The van der Waals surface area contributed by atoms with Crippen LogP contribution in [0.4, 0.5) is 4.79 Å². The number of aliphatic hydroxyl groups excluding tert-OH is 3. The molecule has 2 rings (SSSR count). The Morgan fingerprint density at radius 2 is 1.79 bits per heavy atom. The summed E-state index contributed by atoms with van der Waals surface area (Å²) in [5.74, 6) is -3.16. The average Bonchev–Trinajstić information content (AvgIpc) is 2.75. The minimum atomic E-state index is -1.88. The van der Waals surface area contributed by atoms with Crippen LogP contribution in [-0.4, -0.2) is 91.3 Å². The summed E-state index contributed by atoms with van der Waals surface area (Å²) in [5.41, 5.74) is 0.421. The van der Waals surface area contributed by atoms with Gasteiger partial charge in [0.1, 0.15) is 30.7 Å². The van der Waals surface area contributed by atoms with E-state index < -0.39 is 56.5 Å². The Labute approximate surface area is 199 Å². The minimum Gasteiger partial charge on any atom is -0.479 e. The largest absolute Gasteiger partial charge is 0.479 e. The van der Waals surface area contributed by atoms with Gasteiger partial charge in [-0.05, 0) is 24.1 Å². The number of aliphatic carboxylic acids is 1. The van der Waals surface area contributed by atoms with E-state index in [-0.39, 0.29) is 17.9 Å². The van der Waals surface area contributed by atoms with Crippen LogP contribution in [-0.2, 0) is 20.9 Å². The van der Waals surface area contributed by atoms with Gasteiger partial charge >= 0.3 is 5.97 Å². The van der Waals surface area contributed by atoms with E-state index in [1.54, 1.807) is 0 Å². The standard InChI is InChI=1S/C21H30BNO10Si/c1-34(2,3)8-4-7-23-18(27)12-9-11(10-31-21(22)30)5-6-13(12)32-20-16(26)14(24)15(25)17(33-20)19(28)29/h5-6,9,14-17,20,24-26H,4,7-8,10H2,1-3H3,(H,23,27)(H,28,29)/t14-,15-,16+,17-,20+/m0/s1. The summed E-state index contributed by atoms with van der Waals surface area (Å²) in [6, 6.07) is 5.21. The maximum atomic E-state index is 12.9. The molecule has 1 fully saturated rings. The number of ether oxygens (including phenoxy) is 3. The molecular weight excluding hydrogens is 465 g/mol. The second-order valence-corrected chi connectivity index (χ2v) is 14.8. The van der Waals surface area contributed by atoms with Gasteiger partial charge in [-0.15, -0.1) is 0 Å². The highest BCUT2D eigenvalue weighted by atomic mass is 28.3. The van der Waals surface area contributed by atoms with Crippen molar-refractivity contribution in [3.63, 3.8) is 0 Å². The molecule has 0 spiro atoms. The number of carboxylic acids is 1. The van der Waals surface area contributed by atoms with E-state index in [1.165, 1.54) is 18.2 Å². The first-order chi connectivity index (χ1) is 15.8. The van der Waals surface area contributed by atoms with Crippen LogP contribution in [0, 0.1) is 0 Å². The first kappa shape index (κ1) is 27.8. The Kier molecular flexibility index (Phi) is 9.65. The Balaban J connectivity index is 2.24. The first-order valence-electron chi connectivity index (χ1n) is 10.7. The van der Waals surface area contributed by atoms with Gasteiger partial charge < -0.3 is 40.0 Å². The summed E-state index contributed by atoms with van der Waals surface area (Å²) in [4.78, 5) is 35.1. The predicted octanol–water partition coefficient (Wildman–Crippen LogP) is 0.221. The van der Waals surface area contributed by atoms with Crippen LogP contribution < -0.4 is 10.1 Å². The van der Waals surface area contributed by atoms with Crippen LogP contribution in [0.3, 0.4) is 0 Å². The number of carbonyl (C=O) groups excluding carboxylic acids is 2. The van der Waals surface area contributed by atoms with Gasteiger partial charge in [-0.3, -0.25) is 9.59 Å². The molecule has 34 heavy (non-hydrogen) atoms. The SMILES string of the molecule is [B]C(=O)OCc1ccc(O[C@@H]2O[C@H](C(=O)O)[C@@H](O)[C@H](O)[C@H]2O)c(C(=O)NCCC[Si](C)(C)C)c1. The van der Waals surface area contributed by atoms with Crippen molar-refractivity contribution in [1.29, 1.82) is 0 Å². The Bertz CT molecular complexity index is 893. The monoisotopic (exact) mass is 495 g/mol. The summed E-state index contributed by atoms with van der Waals surface area (Å²) < 4.78 is 15.5. The van der Waals surface area contributed by atoms with Gasteiger partial charge in [-0.2, -0.15) is 0 Å². The first-order valence-corrected chi connectivity index (χ1v) is 14.4. The number of rotatable bonds is 10. The maximum absolute atomic E-state index is 12.9. The van der Waals surface area contributed by atoms with E-state index in [4.69, 9.17) is 22.1 Å². The van der Waals surface area contributed by atoms with E-state index in [2.05, 4.69) is 25.0 Å². The van der Waals surface area contributed by atoms with Crippen molar-refractivity contribution in [2.45, 2.75) is 69.4 Å². The molecule has 1 heterocycles. The third kappa shape index (κ3) is 7.81. The second-order valence-electron chi connectivity index (χ2n) is 9.21. The van der Waals surface area contributed by atoms with E-state index >= 15 is 0 Å². The molecule has 0 saturated carbocycles. The van der Waals surface area contributed by atoms with Crippen molar-refractivity contribution >= 4 is 33.7 Å². The summed E-state index contributed by atoms with van der Waals surface area (Å²) >= 11 is 0. The van der Waals surface area contributed by atoms with Gasteiger partial charge in [-0.1, -0.05) is 31.8 Å². The average molecular weight is 495 g/mol. The molecule has 1 amide bonds. The van der Waals surface area contributed by atoms with Gasteiger partial charge in [-0.25, -0.2) is 4.79 Å². The third-order valence-electron chi connectivity index (χ3n) is 5.11. The molecular formula is C21H30BNO10Si.